The molecule has 3 N–H and O–H groups in total. The molecule has 0 aliphatic carbocycles. The summed E-state index contributed by atoms with van der Waals surface area (Å²) in [5.74, 6) is -0.784. The lowest BCUT2D eigenvalue weighted by molar-refractivity contribution is -0.136. The second kappa shape index (κ2) is 7.55. The minimum atomic E-state index is -0.577. The maximum absolute atomic E-state index is 12.8. The van der Waals surface area contributed by atoms with Gasteiger partial charge in [0.1, 0.15) is 6.04 Å². The molecule has 1 aromatic carbocycles. The number of carbonyl (C=O) groups excluding carboxylic acids is 3. The maximum atomic E-state index is 12.8. The van der Waals surface area contributed by atoms with E-state index in [0.29, 0.717) is 18.5 Å². The van der Waals surface area contributed by atoms with Crippen LogP contribution in [0.1, 0.15) is 48.2 Å². The van der Waals surface area contributed by atoms with Gasteiger partial charge in [0.15, 0.2) is 0 Å². The maximum Gasteiger partial charge on any atom is 0.255 e. The summed E-state index contributed by atoms with van der Waals surface area (Å²) in [6.45, 7) is 6.85. The molecule has 0 radical (unpaired) electrons. The van der Waals surface area contributed by atoms with Gasteiger partial charge in [0.2, 0.25) is 11.8 Å². The van der Waals surface area contributed by atoms with Crippen LogP contribution in [0.3, 0.4) is 0 Å². The zero-order valence-corrected chi connectivity index (χ0v) is 15.3. The summed E-state index contributed by atoms with van der Waals surface area (Å²) in [4.78, 5) is 40.2. The molecule has 2 atom stereocenters. The third-order valence-corrected chi connectivity index (χ3v) is 5.07. The number of piperidine rings is 1. The van der Waals surface area contributed by atoms with E-state index in [4.69, 9.17) is 5.73 Å². The molecule has 2 heterocycles. The summed E-state index contributed by atoms with van der Waals surface area (Å²) in [5, 5.41) is 2.34. The van der Waals surface area contributed by atoms with Gasteiger partial charge in [-0.3, -0.25) is 24.6 Å². The van der Waals surface area contributed by atoms with E-state index in [1.54, 1.807) is 4.90 Å². The Labute approximate surface area is 153 Å². The van der Waals surface area contributed by atoms with Crippen LogP contribution in [0.4, 0.5) is 0 Å². The fourth-order valence-electron chi connectivity index (χ4n) is 3.75. The van der Waals surface area contributed by atoms with Crippen LogP contribution in [0.5, 0.6) is 0 Å². The number of nitrogens with two attached hydrogens (primary N) is 1. The zero-order valence-electron chi connectivity index (χ0n) is 15.3. The average Bonchev–Trinajstić information content (AvgIpc) is 2.92. The largest absolute Gasteiger partial charge is 0.327 e. The van der Waals surface area contributed by atoms with Crippen LogP contribution in [0, 0.1) is 0 Å². The third-order valence-electron chi connectivity index (χ3n) is 5.07. The van der Waals surface area contributed by atoms with Gasteiger partial charge in [0, 0.05) is 37.7 Å². The van der Waals surface area contributed by atoms with E-state index in [9.17, 15) is 14.4 Å². The molecule has 3 amide bonds. The topological polar surface area (TPSA) is 95.7 Å². The number of carbonyl (C=O) groups is 3. The van der Waals surface area contributed by atoms with Crippen molar-refractivity contribution in [3.05, 3.63) is 34.9 Å². The van der Waals surface area contributed by atoms with Crippen molar-refractivity contribution < 1.29 is 14.4 Å². The molecular formula is C19H26N4O3. The Morgan fingerprint density at radius 1 is 1.35 bits per heavy atom. The summed E-state index contributed by atoms with van der Waals surface area (Å²) in [5.41, 5.74) is 8.65. The SMILES string of the molecule is CCN(Cc1cccc2c1CN(C1CCC(=O)NC1=O)C2=O)C[C@@H](C)N. The van der Waals surface area contributed by atoms with Gasteiger partial charge in [-0.05, 0) is 37.1 Å². The first-order chi connectivity index (χ1) is 12.4. The van der Waals surface area contributed by atoms with Crippen LogP contribution in [0.15, 0.2) is 18.2 Å². The fraction of sp³-hybridized carbons (Fsp3) is 0.526. The highest BCUT2D eigenvalue weighted by Crippen LogP contribution is 2.30. The molecule has 0 aromatic heterocycles. The molecule has 0 bridgehead atoms. The molecule has 2 aliphatic rings. The van der Waals surface area contributed by atoms with E-state index in [1.807, 2.05) is 25.1 Å². The van der Waals surface area contributed by atoms with Crippen LogP contribution in [0.25, 0.3) is 0 Å². The molecule has 26 heavy (non-hydrogen) atoms. The van der Waals surface area contributed by atoms with Gasteiger partial charge < -0.3 is 10.6 Å². The first-order valence-corrected chi connectivity index (χ1v) is 9.14. The lowest BCUT2D eigenvalue weighted by Crippen LogP contribution is -2.52. The highest BCUT2D eigenvalue weighted by molar-refractivity contribution is 6.05. The second-order valence-electron chi connectivity index (χ2n) is 7.15. The Balaban J connectivity index is 1.81. The number of hydrogen-bond donors (Lipinski definition) is 2. The smallest absolute Gasteiger partial charge is 0.255 e. The van der Waals surface area contributed by atoms with E-state index >= 15 is 0 Å². The number of fused-ring (bicyclic) bond motifs is 1. The van der Waals surface area contributed by atoms with Gasteiger partial charge in [-0.1, -0.05) is 19.1 Å². The van der Waals surface area contributed by atoms with E-state index in [0.717, 1.165) is 30.8 Å². The highest BCUT2D eigenvalue weighted by atomic mass is 16.2. The van der Waals surface area contributed by atoms with Crippen LogP contribution >= 0.6 is 0 Å². The number of amides is 3. The molecular weight excluding hydrogens is 332 g/mol. The first kappa shape index (κ1) is 18.5. The minimum Gasteiger partial charge on any atom is -0.327 e. The molecule has 3 rings (SSSR count). The predicted octanol–water partition coefficient (Wildman–Crippen LogP) is 0.617. The lowest BCUT2D eigenvalue weighted by Gasteiger charge is -2.29. The minimum absolute atomic E-state index is 0.0771. The molecule has 1 aromatic rings. The normalized spacial score (nSPS) is 21.2. The van der Waals surface area contributed by atoms with Gasteiger partial charge in [-0.25, -0.2) is 0 Å². The summed E-state index contributed by atoms with van der Waals surface area (Å²) in [6, 6.07) is 5.23. The molecule has 1 fully saturated rings. The number of imide groups is 1. The van der Waals surface area contributed by atoms with Crippen molar-refractivity contribution in [3.63, 3.8) is 0 Å². The Hall–Kier alpha value is -2.25. The standard InChI is InChI=1S/C19H26N4O3/c1-3-22(9-12(2)20)10-13-5-4-6-14-15(13)11-23(19(14)26)16-7-8-17(24)21-18(16)25/h4-6,12,16H,3,7-11,20H2,1-2H3,(H,21,24,25)/t12-,16?/m1/s1. The lowest BCUT2D eigenvalue weighted by atomic mass is 10.0. The second-order valence-corrected chi connectivity index (χ2v) is 7.15. The van der Waals surface area contributed by atoms with Gasteiger partial charge in [-0.2, -0.15) is 0 Å². The highest BCUT2D eigenvalue weighted by Gasteiger charge is 2.39. The van der Waals surface area contributed by atoms with Crippen molar-refractivity contribution in [3.8, 4) is 0 Å². The molecule has 0 saturated carbocycles. The molecule has 140 valence electrons. The van der Waals surface area contributed by atoms with E-state index in [2.05, 4.69) is 17.1 Å². The number of nitrogens with one attached hydrogen (secondary N) is 1. The molecule has 1 unspecified atom stereocenters. The number of likely N-dealkylation sites (N-methyl/N-ethyl adjacent to an activating group) is 1. The van der Waals surface area contributed by atoms with E-state index in [1.165, 1.54) is 0 Å². The Morgan fingerprint density at radius 2 is 2.12 bits per heavy atom. The quantitative estimate of drug-likeness (QED) is 0.727. The molecule has 1 saturated heterocycles. The van der Waals surface area contributed by atoms with Gasteiger partial charge in [-0.15, -0.1) is 0 Å². The van der Waals surface area contributed by atoms with Crippen molar-refractivity contribution >= 4 is 17.7 Å². The van der Waals surface area contributed by atoms with Crippen molar-refractivity contribution in [2.45, 2.75) is 51.9 Å². The number of benzene rings is 1. The van der Waals surface area contributed by atoms with E-state index < -0.39 is 6.04 Å². The van der Waals surface area contributed by atoms with Crippen molar-refractivity contribution in [1.29, 1.82) is 0 Å². The summed E-state index contributed by atoms with van der Waals surface area (Å²) < 4.78 is 0. The average molecular weight is 358 g/mol. The van der Waals surface area contributed by atoms with Crippen LogP contribution in [-0.4, -0.2) is 52.7 Å². The van der Waals surface area contributed by atoms with Crippen LogP contribution < -0.4 is 11.1 Å². The number of rotatable bonds is 6. The summed E-state index contributed by atoms with van der Waals surface area (Å²) >= 11 is 0. The summed E-state index contributed by atoms with van der Waals surface area (Å²) in [7, 11) is 0. The summed E-state index contributed by atoms with van der Waals surface area (Å²) in [6.07, 6.45) is 0.646. The molecule has 0 spiro atoms. The van der Waals surface area contributed by atoms with E-state index in [-0.39, 0.29) is 30.2 Å². The van der Waals surface area contributed by atoms with Crippen molar-refractivity contribution in [2.75, 3.05) is 13.1 Å². The van der Waals surface area contributed by atoms with Gasteiger partial charge in [0.25, 0.3) is 5.91 Å². The molecule has 7 nitrogen and oxygen atoms in total. The Morgan fingerprint density at radius 3 is 2.77 bits per heavy atom. The van der Waals surface area contributed by atoms with Crippen molar-refractivity contribution in [2.24, 2.45) is 5.73 Å². The predicted molar refractivity (Wildman–Crippen MR) is 97.1 cm³/mol. The Bertz CT molecular complexity index is 731. The fourth-order valence-corrected chi connectivity index (χ4v) is 3.75. The molecule has 2 aliphatic heterocycles. The van der Waals surface area contributed by atoms with Crippen LogP contribution in [-0.2, 0) is 22.7 Å². The molecule has 7 heteroatoms. The number of hydrogen-bond acceptors (Lipinski definition) is 5. The van der Waals surface area contributed by atoms with Crippen molar-refractivity contribution in [1.82, 2.24) is 15.1 Å². The third kappa shape index (κ3) is 3.64. The Kier molecular flexibility index (Phi) is 5.38. The van der Waals surface area contributed by atoms with Gasteiger partial charge >= 0.3 is 0 Å². The monoisotopic (exact) mass is 358 g/mol. The van der Waals surface area contributed by atoms with Gasteiger partial charge in [0.05, 0.1) is 0 Å². The number of nitrogens with zero attached hydrogens (tertiary/aromatic N) is 2. The first-order valence-electron chi connectivity index (χ1n) is 9.14. The van der Waals surface area contributed by atoms with Crippen LogP contribution in [0.2, 0.25) is 0 Å². The zero-order chi connectivity index (χ0) is 18.8.